The molecule has 7 aromatic rings. The fourth-order valence-corrected chi connectivity index (χ4v) is 4.95. The number of para-hydroxylation sites is 3. The van der Waals surface area contributed by atoms with Gasteiger partial charge in [0.05, 0.1) is 22.1 Å². The van der Waals surface area contributed by atoms with E-state index in [-0.39, 0.29) is 5.46 Å². The molecule has 7 rings (SSSR count). The summed E-state index contributed by atoms with van der Waals surface area (Å²) in [4.78, 5) is 9.94. The van der Waals surface area contributed by atoms with E-state index in [0.717, 1.165) is 43.8 Å². The number of rotatable bonds is 3. The first-order chi connectivity index (χ1) is 17.2. The van der Waals surface area contributed by atoms with E-state index in [1.807, 2.05) is 65.2 Å². The van der Waals surface area contributed by atoms with E-state index >= 15 is 0 Å². The fourth-order valence-electron chi connectivity index (χ4n) is 4.95. The monoisotopic (exact) mass is 455 g/mol. The van der Waals surface area contributed by atoms with Crippen LogP contribution in [-0.4, -0.2) is 31.7 Å². The summed E-state index contributed by atoms with van der Waals surface area (Å²) in [5.74, 6) is 0.485. The molecule has 7 heteroatoms. The third-order valence-corrected chi connectivity index (χ3v) is 6.48. The molecule has 4 aromatic carbocycles. The number of furan rings is 1. The fraction of sp³-hybridized carbons (Fsp3) is 0. The Labute approximate surface area is 199 Å². The maximum absolute atomic E-state index is 9.93. The summed E-state index contributed by atoms with van der Waals surface area (Å²) < 4.78 is 8.23. The highest BCUT2D eigenvalue weighted by Crippen LogP contribution is 2.37. The second kappa shape index (κ2) is 7.53. The van der Waals surface area contributed by atoms with Crippen LogP contribution in [0, 0.1) is 0 Å². The Morgan fingerprint density at radius 2 is 1.29 bits per heavy atom. The van der Waals surface area contributed by atoms with Crippen LogP contribution in [0.3, 0.4) is 0 Å². The predicted molar refractivity (Wildman–Crippen MR) is 139 cm³/mol. The maximum atomic E-state index is 9.93. The number of aromatic nitrogens is 3. The molecule has 0 aliphatic rings. The first-order valence-corrected chi connectivity index (χ1v) is 11.3. The third-order valence-electron chi connectivity index (χ3n) is 6.48. The molecule has 0 aliphatic heterocycles. The molecule has 35 heavy (non-hydrogen) atoms. The Kier molecular flexibility index (Phi) is 4.29. The summed E-state index contributed by atoms with van der Waals surface area (Å²) in [6.07, 6.45) is 0. The molecule has 0 amide bonds. The standard InChI is InChI=1S/C28H18BN3O3/c33-29(34)21-14-8-13-20-24-25(17-9-2-1-3-10-17)30-28(31-27(24)35-26(20)21)32-22-15-6-4-11-18(22)19-12-5-7-16-23(19)32/h1-16,33-34H. The first-order valence-electron chi connectivity index (χ1n) is 11.3. The van der Waals surface area contributed by atoms with Gasteiger partial charge in [-0.3, -0.25) is 4.57 Å². The molecule has 0 atom stereocenters. The van der Waals surface area contributed by atoms with Crippen molar-refractivity contribution in [3.05, 3.63) is 97.1 Å². The van der Waals surface area contributed by atoms with Crippen molar-refractivity contribution in [3.63, 3.8) is 0 Å². The van der Waals surface area contributed by atoms with Crippen molar-refractivity contribution in [1.29, 1.82) is 0 Å². The zero-order chi connectivity index (χ0) is 23.5. The van der Waals surface area contributed by atoms with E-state index in [4.69, 9.17) is 14.4 Å². The number of hydrogen-bond acceptors (Lipinski definition) is 5. The summed E-state index contributed by atoms with van der Waals surface area (Å²) in [5.41, 5.74) is 4.69. The summed E-state index contributed by atoms with van der Waals surface area (Å²) in [7, 11) is -1.66. The summed E-state index contributed by atoms with van der Waals surface area (Å²) in [6.45, 7) is 0. The zero-order valence-corrected chi connectivity index (χ0v) is 18.5. The van der Waals surface area contributed by atoms with Crippen LogP contribution in [0.2, 0.25) is 0 Å². The van der Waals surface area contributed by atoms with Gasteiger partial charge in [0.15, 0.2) is 0 Å². The van der Waals surface area contributed by atoms with Gasteiger partial charge in [-0.25, -0.2) is 4.98 Å². The van der Waals surface area contributed by atoms with Gasteiger partial charge in [-0.05, 0) is 12.1 Å². The highest BCUT2D eigenvalue weighted by atomic mass is 16.4. The maximum Gasteiger partial charge on any atom is 0.492 e. The van der Waals surface area contributed by atoms with Crippen LogP contribution in [0.25, 0.3) is 61.1 Å². The van der Waals surface area contributed by atoms with Gasteiger partial charge < -0.3 is 14.5 Å². The number of benzene rings is 4. The van der Waals surface area contributed by atoms with Gasteiger partial charge in [0.1, 0.15) is 5.58 Å². The molecule has 3 aromatic heterocycles. The molecule has 0 saturated carbocycles. The van der Waals surface area contributed by atoms with Gasteiger partial charge in [0.2, 0.25) is 11.7 Å². The van der Waals surface area contributed by atoms with Gasteiger partial charge in [-0.15, -0.1) is 0 Å². The third kappa shape index (κ3) is 2.92. The van der Waals surface area contributed by atoms with Crippen molar-refractivity contribution in [1.82, 2.24) is 14.5 Å². The predicted octanol–water partition coefficient (Wildman–Crippen LogP) is 4.82. The minimum atomic E-state index is -1.66. The van der Waals surface area contributed by atoms with Crippen LogP contribution < -0.4 is 5.46 Å². The Morgan fingerprint density at radius 3 is 1.97 bits per heavy atom. The molecule has 0 bridgehead atoms. The van der Waals surface area contributed by atoms with Crippen LogP contribution in [0.1, 0.15) is 0 Å². The highest BCUT2D eigenvalue weighted by molar-refractivity contribution is 6.61. The van der Waals surface area contributed by atoms with Crippen molar-refractivity contribution in [3.8, 4) is 17.2 Å². The van der Waals surface area contributed by atoms with Gasteiger partial charge in [-0.1, -0.05) is 84.9 Å². The summed E-state index contributed by atoms with van der Waals surface area (Å²) in [5, 5.41) is 23.6. The molecule has 0 saturated heterocycles. The van der Waals surface area contributed by atoms with Crippen LogP contribution >= 0.6 is 0 Å². The van der Waals surface area contributed by atoms with E-state index < -0.39 is 7.12 Å². The number of hydrogen-bond donors (Lipinski definition) is 2. The lowest BCUT2D eigenvalue weighted by Crippen LogP contribution is -2.29. The quantitative estimate of drug-likeness (QED) is 0.374. The Bertz CT molecular complexity index is 1840. The Balaban J connectivity index is 1.64. The molecular formula is C28H18BN3O3. The molecule has 0 aliphatic carbocycles. The molecular weight excluding hydrogens is 437 g/mol. The van der Waals surface area contributed by atoms with E-state index in [9.17, 15) is 10.0 Å². The van der Waals surface area contributed by atoms with E-state index in [0.29, 0.717) is 17.2 Å². The second-order valence-corrected chi connectivity index (χ2v) is 8.49. The molecule has 2 N–H and O–H groups in total. The van der Waals surface area contributed by atoms with E-state index in [1.54, 1.807) is 12.1 Å². The normalized spacial score (nSPS) is 11.7. The van der Waals surface area contributed by atoms with Crippen LogP contribution in [0.4, 0.5) is 0 Å². The molecule has 166 valence electrons. The van der Waals surface area contributed by atoms with Crippen molar-refractivity contribution in [2.45, 2.75) is 0 Å². The van der Waals surface area contributed by atoms with Gasteiger partial charge in [-0.2, -0.15) is 4.98 Å². The second-order valence-electron chi connectivity index (χ2n) is 8.49. The topological polar surface area (TPSA) is 84.3 Å². The van der Waals surface area contributed by atoms with Gasteiger partial charge >= 0.3 is 7.12 Å². The average Bonchev–Trinajstić information content (AvgIpc) is 3.44. The van der Waals surface area contributed by atoms with Crippen molar-refractivity contribution in [2.24, 2.45) is 0 Å². The van der Waals surface area contributed by atoms with Gasteiger partial charge in [0.25, 0.3) is 0 Å². The molecule has 0 unspecified atom stereocenters. The van der Waals surface area contributed by atoms with Gasteiger partial charge in [0, 0.05) is 27.2 Å². The summed E-state index contributed by atoms with van der Waals surface area (Å²) >= 11 is 0. The molecule has 3 heterocycles. The van der Waals surface area contributed by atoms with E-state index in [1.165, 1.54) is 0 Å². The molecule has 0 fully saturated rings. The van der Waals surface area contributed by atoms with Crippen LogP contribution in [-0.2, 0) is 0 Å². The smallest absolute Gasteiger partial charge is 0.438 e. The van der Waals surface area contributed by atoms with Crippen molar-refractivity contribution < 1.29 is 14.5 Å². The zero-order valence-electron chi connectivity index (χ0n) is 18.5. The molecule has 6 nitrogen and oxygen atoms in total. The minimum Gasteiger partial charge on any atom is -0.438 e. The largest absolute Gasteiger partial charge is 0.492 e. The number of nitrogens with zero attached hydrogens (tertiary/aromatic N) is 3. The van der Waals surface area contributed by atoms with Crippen molar-refractivity contribution >= 4 is 56.5 Å². The lowest BCUT2D eigenvalue weighted by atomic mass is 9.79. The van der Waals surface area contributed by atoms with Crippen LogP contribution in [0.15, 0.2) is 101 Å². The van der Waals surface area contributed by atoms with E-state index in [2.05, 4.69) is 24.3 Å². The Morgan fingerprint density at radius 1 is 0.657 bits per heavy atom. The molecule has 0 radical (unpaired) electrons. The lowest BCUT2D eigenvalue weighted by molar-refractivity contribution is 0.425. The van der Waals surface area contributed by atoms with Crippen molar-refractivity contribution in [2.75, 3.05) is 0 Å². The van der Waals surface area contributed by atoms with Crippen LogP contribution in [0.5, 0.6) is 0 Å². The summed E-state index contributed by atoms with van der Waals surface area (Å²) in [6, 6.07) is 31.6. The Hall–Kier alpha value is -4.46. The minimum absolute atomic E-state index is 0.290. The molecule has 0 spiro atoms. The number of fused-ring (bicyclic) bond motifs is 6. The average molecular weight is 455 g/mol. The SMILES string of the molecule is OB(O)c1cccc2c1oc1nc(-n3c4ccccc4c4ccccc43)nc(-c3ccccc3)c12. The lowest BCUT2D eigenvalue weighted by Gasteiger charge is -2.09. The first kappa shape index (κ1) is 20.0. The highest BCUT2D eigenvalue weighted by Gasteiger charge is 2.24.